The highest BCUT2D eigenvalue weighted by Gasteiger charge is 2.28. The molecule has 6 heteroatoms. The normalized spacial score (nSPS) is 21.0. The number of benzene rings is 1. The number of halogens is 2. The minimum Gasteiger partial charge on any atom is -0.492 e. The minimum atomic E-state index is -0.401. The highest BCUT2D eigenvalue weighted by atomic mass is 35.5. The maximum Gasteiger partial charge on any atom is 0.222 e. The van der Waals surface area contributed by atoms with E-state index < -0.39 is 6.10 Å². The Hall–Kier alpha value is -0.970. The van der Waals surface area contributed by atoms with Crippen molar-refractivity contribution in [2.24, 2.45) is 0 Å². The Bertz CT molecular complexity index is 539. The molecular weight excluding hydrogens is 337 g/mol. The SMILES string of the molecule is CN(C(=O)CCCOc1ccc(Cl)cc1Cl)[C@H]1CCCC[C@@H]1O. The number of carbonyl (C=O) groups is 1. The molecule has 0 radical (unpaired) electrons. The lowest BCUT2D eigenvalue weighted by atomic mass is 9.91. The number of aliphatic hydroxyl groups is 1. The van der Waals surface area contributed by atoms with Crippen molar-refractivity contribution in [1.29, 1.82) is 0 Å². The number of hydrogen-bond acceptors (Lipinski definition) is 3. The number of hydrogen-bond donors (Lipinski definition) is 1. The van der Waals surface area contributed by atoms with Gasteiger partial charge in [0.15, 0.2) is 0 Å². The second kappa shape index (κ2) is 8.76. The van der Waals surface area contributed by atoms with E-state index in [-0.39, 0.29) is 11.9 Å². The molecule has 0 aliphatic heterocycles. The lowest BCUT2D eigenvalue weighted by Crippen LogP contribution is -2.46. The Kier molecular flexibility index (Phi) is 7.00. The fourth-order valence-electron chi connectivity index (χ4n) is 2.90. The van der Waals surface area contributed by atoms with E-state index in [4.69, 9.17) is 27.9 Å². The molecule has 0 saturated heterocycles. The molecule has 128 valence electrons. The molecule has 1 aliphatic carbocycles. The Balaban J connectivity index is 1.73. The van der Waals surface area contributed by atoms with E-state index in [0.717, 1.165) is 25.7 Å². The van der Waals surface area contributed by atoms with E-state index in [1.54, 1.807) is 30.1 Å². The zero-order valence-electron chi connectivity index (χ0n) is 13.3. The summed E-state index contributed by atoms with van der Waals surface area (Å²) in [5.41, 5.74) is 0. The van der Waals surface area contributed by atoms with Crippen LogP contribution in [0.5, 0.6) is 5.75 Å². The maximum absolute atomic E-state index is 12.2. The Morgan fingerprint density at radius 2 is 2.09 bits per heavy atom. The molecule has 1 saturated carbocycles. The van der Waals surface area contributed by atoms with Gasteiger partial charge in [-0.3, -0.25) is 4.79 Å². The fourth-order valence-corrected chi connectivity index (χ4v) is 3.37. The van der Waals surface area contributed by atoms with E-state index in [9.17, 15) is 9.90 Å². The quantitative estimate of drug-likeness (QED) is 0.783. The van der Waals surface area contributed by atoms with E-state index in [0.29, 0.717) is 35.2 Å². The molecule has 4 nitrogen and oxygen atoms in total. The first kappa shape index (κ1) is 18.4. The van der Waals surface area contributed by atoms with Gasteiger partial charge in [0.2, 0.25) is 5.91 Å². The van der Waals surface area contributed by atoms with Crippen molar-refractivity contribution >= 4 is 29.1 Å². The van der Waals surface area contributed by atoms with Gasteiger partial charge in [-0.25, -0.2) is 0 Å². The van der Waals surface area contributed by atoms with Crippen molar-refractivity contribution in [3.05, 3.63) is 28.2 Å². The topological polar surface area (TPSA) is 49.8 Å². The van der Waals surface area contributed by atoms with Crippen molar-refractivity contribution in [3.8, 4) is 5.75 Å². The van der Waals surface area contributed by atoms with Crippen LogP contribution in [0.3, 0.4) is 0 Å². The van der Waals surface area contributed by atoms with Gasteiger partial charge < -0.3 is 14.7 Å². The lowest BCUT2D eigenvalue weighted by molar-refractivity contribution is -0.135. The molecule has 2 rings (SSSR count). The molecule has 1 fully saturated rings. The summed E-state index contributed by atoms with van der Waals surface area (Å²) in [6, 6.07) is 5.01. The highest BCUT2D eigenvalue weighted by Crippen LogP contribution is 2.27. The molecular formula is C17H23Cl2NO3. The summed E-state index contributed by atoms with van der Waals surface area (Å²) in [6.07, 6.45) is 4.35. The number of amides is 1. The second-order valence-corrected chi connectivity index (χ2v) is 6.79. The third-order valence-electron chi connectivity index (χ3n) is 4.27. The first-order valence-corrected chi connectivity index (χ1v) is 8.76. The van der Waals surface area contributed by atoms with Crippen molar-refractivity contribution in [2.75, 3.05) is 13.7 Å². The van der Waals surface area contributed by atoms with Crippen LogP contribution in [0.4, 0.5) is 0 Å². The number of aliphatic hydroxyl groups excluding tert-OH is 1. The molecule has 1 aromatic carbocycles. The first-order valence-electron chi connectivity index (χ1n) is 8.00. The van der Waals surface area contributed by atoms with Crippen LogP contribution < -0.4 is 4.74 Å². The van der Waals surface area contributed by atoms with Gasteiger partial charge in [0.05, 0.1) is 23.8 Å². The molecule has 0 heterocycles. The summed E-state index contributed by atoms with van der Waals surface area (Å²) >= 11 is 11.9. The van der Waals surface area contributed by atoms with Crippen LogP contribution in [0, 0.1) is 0 Å². The molecule has 0 bridgehead atoms. The third-order valence-corrected chi connectivity index (χ3v) is 4.80. The molecule has 1 aromatic rings. The fraction of sp³-hybridized carbons (Fsp3) is 0.588. The summed E-state index contributed by atoms with van der Waals surface area (Å²) in [7, 11) is 1.78. The predicted molar refractivity (Wildman–Crippen MR) is 92.2 cm³/mol. The average Bonchev–Trinajstić information content (AvgIpc) is 2.52. The van der Waals surface area contributed by atoms with Crippen LogP contribution in [-0.2, 0) is 4.79 Å². The summed E-state index contributed by atoms with van der Waals surface area (Å²) in [5, 5.41) is 11.0. The smallest absolute Gasteiger partial charge is 0.222 e. The number of likely N-dealkylation sites (N-methyl/N-ethyl adjacent to an activating group) is 1. The van der Waals surface area contributed by atoms with Gasteiger partial charge in [0.1, 0.15) is 5.75 Å². The molecule has 1 N–H and O–H groups in total. The van der Waals surface area contributed by atoms with Crippen molar-refractivity contribution in [1.82, 2.24) is 4.90 Å². The largest absolute Gasteiger partial charge is 0.492 e. The van der Waals surface area contributed by atoms with Crippen molar-refractivity contribution in [2.45, 2.75) is 50.7 Å². The van der Waals surface area contributed by atoms with Gasteiger partial charge >= 0.3 is 0 Å². The molecule has 1 aliphatic rings. The molecule has 2 atom stereocenters. The first-order chi connectivity index (χ1) is 11.0. The second-order valence-electron chi connectivity index (χ2n) is 5.95. The number of nitrogens with zero attached hydrogens (tertiary/aromatic N) is 1. The van der Waals surface area contributed by atoms with Crippen LogP contribution in [-0.4, -0.2) is 41.7 Å². The summed E-state index contributed by atoms with van der Waals surface area (Å²) in [6.45, 7) is 0.411. The minimum absolute atomic E-state index is 0.0433. The van der Waals surface area contributed by atoms with Gasteiger partial charge in [-0.05, 0) is 37.5 Å². The Morgan fingerprint density at radius 3 is 2.78 bits per heavy atom. The average molecular weight is 360 g/mol. The van der Waals surface area contributed by atoms with Crippen LogP contribution in [0.2, 0.25) is 10.0 Å². The van der Waals surface area contributed by atoms with Crippen LogP contribution >= 0.6 is 23.2 Å². The van der Waals surface area contributed by atoms with E-state index in [2.05, 4.69) is 0 Å². The van der Waals surface area contributed by atoms with Crippen LogP contribution in [0.1, 0.15) is 38.5 Å². The molecule has 23 heavy (non-hydrogen) atoms. The highest BCUT2D eigenvalue weighted by molar-refractivity contribution is 6.35. The maximum atomic E-state index is 12.2. The van der Waals surface area contributed by atoms with Crippen molar-refractivity contribution in [3.63, 3.8) is 0 Å². The summed E-state index contributed by atoms with van der Waals surface area (Å²) < 4.78 is 5.58. The molecule has 0 unspecified atom stereocenters. The predicted octanol–water partition coefficient (Wildman–Crippen LogP) is 3.91. The van der Waals surface area contributed by atoms with E-state index >= 15 is 0 Å². The van der Waals surface area contributed by atoms with Crippen LogP contribution in [0.25, 0.3) is 0 Å². The van der Waals surface area contributed by atoms with Gasteiger partial charge in [-0.15, -0.1) is 0 Å². The standard InChI is InChI=1S/C17H23Cl2NO3/c1-20(14-5-2-3-6-15(14)21)17(22)7-4-10-23-16-9-8-12(18)11-13(16)19/h8-9,11,14-15,21H,2-7,10H2,1H3/t14-,15-/m0/s1. The van der Waals surface area contributed by atoms with E-state index in [1.807, 2.05) is 0 Å². The lowest BCUT2D eigenvalue weighted by Gasteiger charge is -2.35. The Labute approximate surface area is 147 Å². The molecule has 0 aromatic heterocycles. The number of carbonyl (C=O) groups excluding carboxylic acids is 1. The summed E-state index contributed by atoms with van der Waals surface area (Å²) in [5.74, 6) is 0.612. The molecule has 1 amide bonds. The number of ether oxygens (including phenoxy) is 1. The van der Waals surface area contributed by atoms with Gasteiger partial charge in [0.25, 0.3) is 0 Å². The monoisotopic (exact) mass is 359 g/mol. The van der Waals surface area contributed by atoms with Crippen molar-refractivity contribution < 1.29 is 14.6 Å². The Morgan fingerprint density at radius 1 is 1.35 bits per heavy atom. The summed E-state index contributed by atoms with van der Waals surface area (Å²) in [4.78, 5) is 13.9. The number of rotatable bonds is 6. The third kappa shape index (κ3) is 5.27. The zero-order chi connectivity index (χ0) is 16.8. The van der Waals surface area contributed by atoms with Crippen LogP contribution in [0.15, 0.2) is 18.2 Å². The van der Waals surface area contributed by atoms with Gasteiger partial charge in [0, 0.05) is 18.5 Å². The zero-order valence-corrected chi connectivity index (χ0v) is 14.8. The van der Waals surface area contributed by atoms with Gasteiger partial charge in [-0.2, -0.15) is 0 Å². The van der Waals surface area contributed by atoms with E-state index in [1.165, 1.54) is 0 Å². The molecule has 0 spiro atoms. The van der Waals surface area contributed by atoms with Gasteiger partial charge in [-0.1, -0.05) is 36.0 Å².